The van der Waals surface area contributed by atoms with Gasteiger partial charge in [-0.2, -0.15) is 0 Å². The van der Waals surface area contributed by atoms with Gasteiger partial charge in [-0.25, -0.2) is 4.98 Å². The second-order valence-corrected chi connectivity index (χ2v) is 6.69. The fourth-order valence-corrected chi connectivity index (χ4v) is 3.05. The molecule has 0 aliphatic heterocycles. The van der Waals surface area contributed by atoms with Crippen LogP contribution in [0.5, 0.6) is 0 Å². The lowest BCUT2D eigenvalue weighted by molar-refractivity contribution is -0.140. The van der Waals surface area contributed by atoms with Crippen LogP contribution in [0.3, 0.4) is 0 Å². The van der Waals surface area contributed by atoms with Gasteiger partial charge in [-0.1, -0.05) is 19.8 Å². The predicted molar refractivity (Wildman–Crippen MR) is 99.7 cm³/mol. The SMILES string of the molecule is CCc1cnc(CCNC(=NC)NCCCCCCC(=O)OC)s1. The number of carbonyl (C=O) groups is 1. The first kappa shape index (κ1) is 20.4. The van der Waals surface area contributed by atoms with E-state index in [2.05, 4.69) is 32.3 Å². The van der Waals surface area contributed by atoms with E-state index in [1.165, 1.54) is 17.0 Å². The molecule has 1 rings (SSSR count). The lowest BCUT2D eigenvalue weighted by atomic mass is 10.1. The Morgan fingerprint density at radius 2 is 2.00 bits per heavy atom. The van der Waals surface area contributed by atoms with Gasteiger partial charge in [0.1, 0.15) is 0 Å². The Morgan fingerprint density at radius 1 is 1.25 bits per heavy atom. The van der Waals surface area contributed by atoms with E-state index in [-0.39, 0.29) is 5.97 Å². The quantitative estimate of drug-likeness (QED) is 0.276. The normalized spacial score (nSPS) is 11.4. The van der Waals surface area contributed by atoms with Gasteiger partial charge in [0.2, 0.25) is 0 Å². The number of hydrogen-bond donors (Lipinski definition) is 2. The molecule has 0 bridgehead atoms. The van der Waals surface area contributed by atoms with Crippen molar-refractivity contribution in [2.24, 2.45) is 4.99 Å². The summed E-state index contributed by atoms with van der Waals surface area (Å²) in [6.45, 7) is 3.86. The van der Waals surface area contributed by atoms with Crippen molar-refractivity contribution in [3.8, 4) is 0 Å². The highest BCUT2D eigenvalue weighted by Crippen LogP contribution is 2.13. The van der Waals surface area contributed by atoms with Gasteiger partial charge in [-0.3, -0.25) is 9.79 Å². The van der Waals surface area contributed by atoms with E-state index < -0.39 is 0 Å². The Kier molecular flexibility index (Phi) is 10.8. The van der Waals surface area contributed by atoms with E-state index in [9.17, 15) is 4.79 Å². The smallest absolute Gasteiger partial charge is 0.305 e. The van der Waals surface area contributed by atoms with Crippen molar-refractivity contribution in [2.75, 3.05) is 27.2 Å². The predicted octanol–water partition coefficient (Wildman–Crippen LogP) is 2.54. The molecule has 7 heteroatoms. The summed E-state index contributed by atoms with van der Waals surface area (Å²) in [7, 11) is 3.21. The van der Waals surface area contributed by atoms with Crippen LogP contribution >= 0.6 is 11.3 Å². The molecule has 0 unspecified atom stereocenters. The Balaban J connectivity index is 2.05. The topological polar surface area (TPSA) is 75.6 Å². The number of aliphatic imine (C=N–C) groups is 1. The highest BCUT2D eigenvalue weighted by molar-refractivity contribution is 7.11. The van der Waals surface area contributed by atoms with E-state index >= 15 is 0 Å². The van der Waals surface area contributed by atoms with Crippen LogP contribution < -0.4 is 10.6 Å². The van der Waals surface area contributed by atoms with Crippen LogP contribution in [0.4, 0.5) is 0 Å². The van der Waals surface area contributed by atoms with Crippen molar-refractivity contribution in [1.82, 2.24) is 15.6 Å². The molecule has 0 aliphatic carbocycles. The fraction of sp³-hybridized carbons (Fsp3) is 0.706. The van der Waals surface area contributed by atoms with Crippen LogP contribution in [-0.2, 0) is 22.4 Å². The maximum Gasteiger partial charge on any atom is 0.305 e. The Bertz CT molecular complexity index is 503. The minimum atomic E-state index is -0.121. The highest BCUT2D eigenvalue weighted by Gasteiger charge is 2.02. The molecule has 0 aliphatic rings. The molecule has 136 valence electrons. The van der Waals surface area contributed by atoms with Crippen molar-refractivity contribution in [3.05, 3.63) is 16.1 Å². The van der Waals surface area contributed by atoms with Crippen molar-refractivity contribution in [1.29, 1.82) is 0 Å². The van der Waals surface area contributed by atoms with Gasteiger partial charge in [0.15, 0.2) is 5.96 Å². The Labute approximate surface area is 149 Å². The van der Waals surface area contributed by atoms with E-state index in [1.54, 1.807) is 18.4 Å². The number of nitrogens with zero attached hydrogens (tertiary/aromatic N) is 2. The minimum Gasteiger partial charge on any atom is -0.469 e. The molecular weight excluding hydrogens is 324 g/mol. The number of aryl methyl sites for hydroxylation is 1. The van der Waals surface area contributed by atoms with Gasteiger partial charge in [-0.05, 0) is 19.3 Å². The number of ether oxygens (including phenoxy) is 1. The monoisotopic (exact) mass is 354 g/mol. The highest BCUT2D eigenvalue weighted by atomic mass is 32.1. The zero-order chi connectivity index (χ0) is 17.6. The Hall–Kier alpha value is -1.63. The number of methoxy groups -OCH3 is 1. The fourth-order valence-electron chi connectivity index (χ4n) is 2.19. The molecule has 0 fully saturated rings. The number of esters is 1. The molecule has 1 aromatic heterocycles. The molecule has 1 heterocycles. The van der Waals surface area contributed by atoms with Crippen molar-refractivity contribution in [2.45, 2.75) is 51.9 Å². The Morgan fingerprint density at radius 3 is 2.67 bits per heavy atom. The summed E-state index contributed by atoms with van der Waals surface area (Å²) in [5.41, 5.74) is 0. The van der Waals surface area contributed by atoms with Crippen LogP contribution in [0.15, 0.2) is 11.2 Å². The summed E-state index contributed by atoms with van der Waals surface area (Å²) in [4.78, 5) is 21.0. The molecule has 0 atom stereocenters. The van der Waals surface area contributed by atoms with Crippen LogP contribution in [0, 0.1) is 0 Å². The van der Waals surface area contributed by atoms with Gasteiger partial charge in [0.05, 0.1) is 12.1 Å². The third-order valence-corrected chi connectivity index (χ3v) is 4.83. The van der Waals surface area contributed by atoms with E-state index in [0.717, 1.165) is 57.6 Å². The second kappa shape index (κ2) is 12.8. The molecule has 0 spiro atoms. The average molecular weight is 355 g/mol. The average Bonchev–Trinajstić information content (AvgIpc) is 3.07. The van der Waals surface area contributed by atoms with E-state index in [0.29, 0.717) is 6.42 Å². The molecule has 0 saturated carbocycles. The van der Waals surface area contributed by atoms with Gasteiger partial charge >= 0.3 is 5.97 Å². The number of carbonyl (C=O) groups excluding carboxylic acids is 1. The van der Waals surface area contributed by atoms with Gasteiger partial charge in [0, 0.05) is 44.1 Å². The lowest BCUT2D eigenvalue weighted by Crippen LogP contribution is -2.38. The second-order valence-electron chi connectivity index (χ2n) is 5.49. The molecule has 0 aromatic carbocycles. The molecular formula is C17H30N4O2S. The van der Waals surface area contributed by atoms with Crippen LogP contribution in [0.2, 0.25) is 0 Å². The standard InChI is InChI=1S/C17H30N4O2S/c1-4-14-13-21-15(24-14)10-12-20-17(18-2)19-11-8-6-5-7-9-16(22)23-3/h13H,4-12H2,1-3H3,(H2,18,19,20). The van der Waals surface area contributed by atoms with Crippen LogP contribution in [0.1, 0.15) is 48.9 Å². The largest absolute Gasteiger partial charge is 0.469 e. The summed E-state index contributed by atoms with van der Waals surface area (Å²) >= 11 is 1.78. The first-order chi connectivity index (χ1) is 11.7. The van der Waals surface area contributed by atoms with Crippen molar-refractivity contribution in [3.63, 3.8) is 0 Å². The molecule has 2 N–H and O–H groups in total. The maximum absolute atomic E-state index is 11.0. The van der Waals surface area contributed by atoms with Crippen molar-refractivity contribution >= 4 is 23.3 Å². The third-order valence-electron chi connectivity index (χ3n) is 3.63. The van der Waals surface area contributed by atoms with Gasteiger partial charge in [0.25, 0.3) is 0 Å². The van der Waals surface area contributed by atoms with Gasteiger partial charge < -0.3 is 15.4 Å². The number of hydrogen-bond acceptors (Lipinski definition) is 5. The molecule has 6 nitrogen and oxygen atoms in total. The number of unbranched alkanes of at least 4 members (excludes halogenated alkanes) is 3. The number of thiazole rings is 1. The summed E-state index contributed by atoms with van der Waals surface area (Å²) in [5, 5.41) is 7.79. The van der Waals surface area contributed by atoms with Crippen LogP contribution in [-0.4, -0.2) is 44.2 Å². The summed E-state index contributed by atoms with van der Waals surface area (Å²) in [6.07, 6.45) is 8.55. The molecule has 0 radical (unpaired) electrons. The molecule has 1 aromatic rings. The van der Waals surface area contributed by atoms with Gasteiger partial charge in [-0.15, -0.1) is 11.3 Å². The number of aromatic nitrogens is 1. The number of guanidine groups is 1. The third kappa shape index (κ3) is 8.86. The van der Waals surface area contributed by atoms with Crippen molar-refractivity contribution < 1.29 is 9.53 Å². The first-order valence-corrected chi connectivity index (χ1v) is 9.46. The summed E-state index contributed by atoms with van der Waals surface area (Å²) < 4.78 is 4.62. The zero-order valence-corrected chi connectivity index (χ0v) is 15.9. The minimum absolute atomic E-state index is 0.121. The van der Waals surface area contributed by atoms with Crippen LogP contribution in [0.25, 0.3) is 0 Å². The van der Waals surface area contributed by atoms with E-state index in [4.69, 9.17) is 0 Å². The molecule has 0 saturated heterocycles. The maximum atomic E-state index is 11.0. The lowest BCUT2D eigenvalue weighted by Gasteiger charge is -2.11. The summed E-state index contributed by atoms with van der Waals surface area (Å²) in [5.74, 6) is 0.709. The molecule has 24 heavy (non-hydrogen) atoms. The molecule has 0 amide bonds. The van der Waals surface area contributed by atoms with E-state index in [1.807, 2.05) is 6.20 Å². The number of nitrogens with one attached hydrogen (secondary N) is 2. The first-order valence-electron chi connectivity index (χ1n) is 8.64. The number of rotatable bonds is 11. The zero-order valence-electron chi connectivity index (χ0n) is 15.1. The summed E-state index contributed by atoms with van der Waals surface area (Å²) in [6, 6.07) is 0.